The molecule has 8 nitrogen and oxygen atoms in total. The van der Waals surface area contributed by atoms with E-state index in [4.69, 9.17) is 14.2 Å². The van der Waals surface area contributed by atoms with E-state index in [1.165, 1.54) is 20.2 Å². The maximum Gasteiger partial charge on any atom is 0.252 e. The van der Waals surface area contributed by atoms with Crippen molar-refractivity contribution in [2.45, 2.75) is 13.8 Å². The molecule has 0 saturated carbocycles. The van der Waals surface area contributed by atoms with Crippen molar-refractivity contribution in [2.24, 2.45) is 11.0 Å². The summed E-state index contributed by atoms with van der Waals surface area (Å²) < 4.78 is 16.6. The van der Waals surface area contributed by atoms with Gasteiger partial charge in [-0.15, -0.1) is 0 Å². The maximum atomic E-state index is 12.3. The van der Waals surface area contributed by atoms with Crippen LogP contribution in [-0.2, 0) is 9.59 Å². The van der Waals surface area contributed by atoms with E-state index in [9.17, 15) is 9.59 Å². The summed E-state index contributed by atoms with van der Waals surface area (Å²) in [5, 5.41) is 6.61. The van der Waals surface area contributed by atoms with Crippen LogP contribution in [0.1, 0.15) is 19.4 Å². The van der Waals surface area contributed by atoms with Crippen molar-refractivity contribution in [2.75, 3.05) is 26.1 Å². The molecule has 0 aromatic heterocycles. The van der Waals surface area contributed by atoms with Gasteiger partial charge in [-0.2, -0.15) is 5.10 Å². The third-order valence-electron chi connectivity index (χ3n) is 4.07. The molecule has 30 heavy (non-hydrogen) atoms. The summed E-state index contributed by atoms with van der Waals surface area (Å²) >= 11 is 3.43. The minimum Gasteiger partial charge on any atom is -0.497 e. The summed E-state index contributed by atoms with van der Waals surface area (Å²) in [6, 6.07) is 10.3. The number of hydrazone groups is 1. The number of methoxy groups -OCH3 is 2. The molecule has 1 unspecified atom stereocenters. The van der Waals surface area contributed by atoms with Crippen LogP contribution in [0.2, 0.25) is 0 Å². The minimum absolute atomic E-state index is 0.446. The molecule has 0 heterocycles. The number of carbonyl (C=O) groups is 2. The predicted molar refractivity (Wildman–Crippen MR) is 118 cm³/mol. The standard InChI is InChI=1S/C21H24BrN3O5/c1-5-30-19-17(22)10-14(11-18(19)29-4)12-23-25-21(27)13(2)20(26)24-15-6-8-16(28-3)9-7-15/h6-13H,5H2,1-4H3,(H,24,26)(H,25,27). The lowest BCUT2D eigenvalue weighted by Crippen LogP contribution is -2.34. The number of amides is 2. The maximum absolute atomic E-state index is 12.3. The van der Waals surface area contributed by atoms with Gasteiger partial charge in [-0.3, -0.25) is 9.59 Å². The molecule has 2 aromatic rings. The fraction of sp³-hybridized carbons (Fsp3) is 0.286. The first-order valence-corrected chi connectivity index (χ1v) is 9.97. The van der Waals surface area contributed by atoms with Gasteiger partial charge in [-0.1, -0.05) is 0 Å². The Bertz CT molecular complexity index is 916. The second-order valence-corrected chi connectivity index (χ2v) is 7.00. The Morgan fingerprint density at radius 3 is 2.43 bits per heavy atom. The monoisotopic (exact) mass is 477 g/mol. The summed E-state index contributed by atoms with van der Waals surface area (Å²) in [6.45, 7) is 3.87. The van der Waals surface area contributed by atoms with Crippen LogP contribution >= 0.6 is 15.9 Å². The van der Waals surface area contributed by atoms with E-state index in [-0.39, 0.29) is 0 Å². The van der Waals surface area contributed by atoms with Gasteiger partial charge in [0.25, 0.3) is 5.91 Å². The molecule has 2 rings (SSSR count). The van der Waals surface area contributed by atoms with Crippen LogP contribution in [0.5, 0.6) is 17.2 Å². The second-order valence-electron chi connectivity index (χ2n) is 6.14. The van der Waals surface area contributed by atoms with Gasteiger partial charge >= 0.3 is 0 Å². The molecule has 0 fully saturated rings. The Labute approximate surface area is 183 Å². The van der Waals surface area contributed by atoms with Crippen LogP contribution in [0.15, 0.2) is 46.0 Å². The summed E-state index contributed by atoms with van der Waals surface area (Å²) in [6.07, 6.45) is 1.45. The van der Waals surface area contributed by atoms with Crippen LogP contribution in [0, 0.1) is 5.92 Å². The number of benzene rings is 2. The summed E-state index contributed by atoms with van der Waals surface area (Å²) in [5.41, 5.74) is 3.62. The first-order chi connectivity index (χ1) is 14.4. The number of hydrogen-bond donors (Lipinski definition) is 2. The molecule has 2 aromatic carbocycles. The topological polar surface area (TPSA) is 98.2 Å². The molecular weight excluding hydrogens is 454 g/mol. The van der Waals surface area contributed by atoms with E-state index in [1.807, 2.05) is 6.92 Å². The van der Waals surface area contributed by atoms with Gasteiger partial charge in [0.05, 0.1) is 31.5 Å². The number of anilines is 1. The Hall–Kier alpha value is -3.07. The largest absolute Gasteiger partial charge is 0.497 e. The van der Waals surface area contributed by atoms with Gasteiger partial charge < -0.3 is 19.5 Å². The Kier molecular flexibility index (Phi) is 8.67. The van der Waals surface area contributed by atoms with E-state index in [0.29, 0.717) is 39.6 Å². The average molecular weight is 478 g/mol. The molecule has 2 amide bonds. The Morgan fingerprint density at radius 1 is 1.13 bits per heavy atom. The molecule has 0 spiro atoms. The number of halogens is 1. The zero-order valence-electron chi connectivity index (χ0n) is 17.2. The normalized spacial score (nSPS) is 11.6. The lowest BCUT2D eigenvalue weighted by Gasteiger charge is -2.12. The summed E-state index contributed by atoms with van der Waals surface area (Å²) in [4.78, 5) is 24.5. The molecular formula is C21H24BrN3O5. The zero-order valence-corrected chi connectivity index (χ0v) is 18.8. The van der Waals surface area contributed by atoms with Crippen LogP contribution in [0.4, 0.5) is 5.69 Å². The number of nitrogens with zero attached hydrogens (tertiary/aromatic N) is 1. The van der Waals surface area contributed by atoms with E-state index in [1.54, 1.807) is 43.5 Å². The molecule has 0 bridgehead atoms. The molecule has 2 N–H and O–H groups in total. The SMILES string of the molecule is CCOc1c(Br)cc(C=NNC(=O)C(C)C(=O)Nc2ccc(OC)cc2)cc1OC. The number of hydrogen-bond acceptors (Lipinski definition) is 6. The molecule has 0 aliphatic heterocycles. The number of ether oxygens (including phenoxy) is 3. The quantitative estimate of drug-likeness (QED) is 0.326. The number of carbonyl (C=O) groups excluding carboxylic acids is 2. The fourth-order valence-corrected chi connectivity index (χ4v) is 2.98. The highest BCUT2D eigenvalue weighted by Gasteiger charge is 2.21. The molecule has 160 valence electrons. The van der Waals surface area contributed by atoms with Crippen LogP contribution in [0.25, 0.3) is 0 Å². The average Bonchev–Trinajstić information content (AvgIpc) is 2.75. The van der Waals surface area contributed by atoms with Gasteiger partial charge in [0.1, 0.15) is 11.7 Å². The van der Waals surface area contributed by atoms with Gasteiger partial charge in [0.15, 0.2) is 11.5 Å². The Balaban J connectivity index is 1.97. The Morgan fingerprint density at radius 2 is 1.83 bits per heavy atom. The van der Waals surface area contributed by atoms with Crippen molar-refractivity contribution >= 4 is 39.6 Å². The fourth-order valence-electron chi connectivity index (χ4n) is 2.41. The smallest absolute Gasteiger partial charge is 0.252 e. The van der Waals surface area contributed by atoms with E-state index < -0.39 is 17.7 Å². The van der Waals surface area contributed by atoms with Gasteiger partial charge in [0.2, 0.25) is 5.91 Å². The van der Waals surface area contributed by atoms with Crippen molar-refractivity contribution in [3.05, 3.63) is 46.4 Å². The summed E-state index contributed by atoms with van der Waals surface area (Å²) in [5.74, 6) is -0.125. The molecule has 0 aliphatic carbocycles. The van der Waals surface area contributed by atoms with Crippen molar-refractivity contribution < 1.29 is 23.8 Å². The van der Waals surface area contributed by atoms with E-state index >= 15 is 0 Å². The third-order valence-corrected chi connectivity index (χ3v) is 4.66. The van der Waals surface area contributed by atoms with Crippen molar-refractivity contribution in [1.82, 2.24) is 5.43 Å². The molecule has 0 radical (unpaired) electrons. The summed E-state index contributed by atoms with van der Waals surface area (Å²) in [7, 11) is 3.10. The zero-order chi connectivity index (χ0) is 22.1. The van der Waals surface area contributed by atoms with Crippen LogP contribution < -0.4 is 25.0 Å². The molecule has 1 atom stereocenters. The highest BCUT2D eigenvalue weighted by Crippen LogP contribution is 2.36. The molecule has 0 saturated heterocycles. The number of rotatable bonds is 9. The van der Waals surface area contributed by atoms with Gasteiger partial charge in [-0.25, -0.2) is 5.43 Å². The highest BCUT2D eigenvalue weighted by molar-refractivity contribution is 9.10. The van der Waals surface area contributed by atoms with E-state index in [2.05, 4.69) is 31.8 Å². The lowest BCUT2D eigenvalue weighted by molar-refractivity contribution is -0.131. The highest BCUT2D eigenvalue weighted by atomic mass is 79.9. The van der Waals surface area contributed by atoms with Crippen molar-refractivity contribution in [3.63, 3.8) is 0 Å². The first-order valence-electron chi connectivity index (χ1n) is 9.17. The van der Waals surface area contributed by atoms with Crippen molar-refractivity contribution in [3.8, 4) is 17.2 Å². The van der Waals surface area contributed by atoms with Crippen LogP contribution in [0.3, 0.4) is 0 Å². The minimum atomic E-state index is -0.939. The van der Waals surface area contributed by atoms with Gasteiger partial charge in [0, 0.05) is 5.69 Å². The lowest BCUT2D eigenvalue weighted by atomic mass is 10.1. The van der Waals surface area contributed by atoms with Gasteiger partial charge in [-0.05, 0) is 71.7 Å². The third kappa shape index (κ3) is 6.21. The first kappa shape index (κ1) is 23.2. The number of nitrogens with one attached hydrogen (secondary N) is 2. The van der Waals surface area contributed by atoms with Crippen molar-refractivity contribution in [1.29, 1.82) is 0 Å². The van der Waals surface area contributed by atoms with E-state index in [0.717, 1.165) is 0 Å². The second kappa shape index (κ2) is 11.2. The molecule has 0 aliphatic rings. The molecule has 9 heteroatoms. The van der Waals surface area contributed by atoms with Crippen LogP contribution in [-0.4, -0.2) is 38.9 Å². The predicted octanol–water partition coefficient (Wildman–Crippen LogP) is 3.59.